The van der Waals surface area contributed by atoms with Crippen LogP contribution >= 0.6 is 11.6 Å². The van der Waals surface area contributed by atoms with E-state index >= 15 is 0 Å². The van der Waals surface area contributed by atoms with Crippen LogP contribution in [-0.4, -0.2) is 31.3 Å². The van der Waals surface area contributed by atoms with Gasteiger partial charge in [-0.1, -0.05) is 11.6 Å². The fraction of sp³-hybridized carbons (Fsp3) is 0.400. The molecule has 0 aliphatic rings. The maximum Gasteiger partial charge on any atom is 0.323 e. The van der Waals surface area contributed by atoms with Gasteiger partial charge in [-0.15, -0.1) is 0 Å². The number of nitrogens with two attached hydrogens (primary N) is 1. The van der Waals surface area contributed by atoms with E-state index in [0.717, 1.165) is 5.69 Å². The third-order valence-corrected chi connectivity index (χ3v) is 2.83. The number of hydrogen-bond donors (Lipinski definition) is 1. The molecule has 0 saturated heterocycles. The van der Waals surface area contributed by atoms with Gasteiger partial charge in [0.05, 0.1) is 23.0 Å². The van der Waals surface area contributed by atoms with E-state index < -0.39 is 0 Å². The molecule has 0 spiro atoms. The van der Waals surface area contributed by atoms with Crippen LogP contribution in [0.25, 0.3) is 5.95 Å². The first-order chi connectivity index (χ1) is 8.52. The van der Waals surface area contributed by atoms with Gasteiger partial charge in [0.15, 0.2) is 0 Å². The van der Waals surface area contributed by atoms with Crippen LogP contribution < -0.4 is 10.5 Å². The Labute approximate surface area is 109 Å². The Kier molecular flexibility index (Phi) is 3.33. The van der Waals surface area contributed by atoms with Crippen LogP contribution in [0.1, 0.15) is 18.3 Å². The summed E-state index contributed by atoms with van der Waals surface area (Å²) in [6, 6.07) is 0.170. The van der Waals surface area contributed by atoms with Gasteiger partial charge >= 0.3 is 6.01 Å². The van der Waals surface area contributed by atoms with Crippen LogP contribution in [0, 0.1) is 13.8 Å². The van der Waals surface area contributed by atoms with E-state index in [9.17, 15) is 0 Å². The summed E-state index contributed by atoms with van der Waals surface area (Å²) in [6.45, 7) is 5.91. The largest absolute Gasteiger partial charge is 0.464 e. The number of ether oxygens (including phenoxy) is 1. The fourth-order valence-electron chi connectivity index (χ4n) is 1.47. The van der Waals surface area contributed by atoms with Gasteiger partial charge in [0, 0.05) is 0 Å². The molecule has 0 aromatic carbocycles. The van der Waals surface area contributed by atoms with E-state index in [2.05, 4.69) is 20.1 Å². The zero-order valence-electron chi connectivity index (χ0n) is 10.3. The quantitative estimate of drug-likeness (QED) is 0.902. The van der Waals surface area contributed by atoms with Gasteiger partial charge in [-0.2, -0.15) is 20.1 Å². The van der Waals surface area contributed by atoms with Crippen molar-refractivity contribution in [3.05, 3.63) is 16.4 Å². The Balaban J connectivity index is 2.52. The number of halogens is 1. The maximum atomic E-state index is 6.07. The summed E-state index contributed by atoms with van der Waals surface area (Å²) in [5, 5.41) is 4.82. The van der Waals surface area contributed by atoms with Crippen molar-refractivity contribution in [1.82, 2.24) is 24.7 Å². The number of aryl methyl sites for hydroxylation is 1. The van der Waals surface area contributed by atoms with Gasteiger partial charge in [-0.25, -0.2) is 4.68 Å². The molecule has 18 heavy (non-hydrogen) atoms. The van der Waals surface area contributed by atoms with Crippen molar-refractivity contribution in [2.45, 2.75) is 20.8 Å². The lowest BCUT2D eigenvalue weighted by molar-refractivity contribution is 0.311. The van der Waals surface area contributed by atoms with E-state index in [1.807, 2.05) is 13.8 Å². The van der Waals surface area contributed by atoms with Gasteiger partial charge in [0.25, 0.3) is 5.95 Å². The highest BCUT2D eigenvalue weighted by atomic mass is 35.5. The molecule has 0 aliphatic heterocycles. The van der Waals surface area contributed by atoms with Gasteiger partial charge in [-0.05, 0) is 20.8 Å². The second-order valence-corrected chi connectivity index (χ2v) is 3.98. The van der Waals surface area contributed by atoms with Crippen molar-refractivity contribution in [3.8, 4) is 12.0 Å². The standard InChI is InChI=1S/C10H13ClN6O/c1-4-18-10-14-8(12)13-9(15-10)17-6(3)7(11)5(2)16-17/h4H2,1-3H3,(H2,12,13,14,15). The highest BCUT2D eigenvalue weighted by Crippen LogP contribution is 2.21. The molecule has 0 fully saturated rings. The van der Waals surface area contributed by atoms with Crippen LogP contribution in [0.2, 0.25) is 5.02 Å². The number of rotatable bonds is 3. The first kappa shape index (κ1) is 12.6. The van der Waals surface area contributed by atoms with E-state index in [1.165, 1.54) is 4.68 Å². The number of nitrogen functional groups attached to an aromatic ring is 1. The van der Waals surface area contributed by atoms with Crippen molar-refractivity contribution in [2.75, 3.05) is 12.3 Å². The van der Waals surface area contributed by atoms with Gasteiger partial charge < -0.3 is 10.5 Å². The third-order valence-electron chi connectivity index (χ3n) is 2.29. The van der Waals surface area contributed by atoms with Crippen molar-refractivity contribution < 1.29 is 4.74 Å². The number of anilines is 1. The molecule has 2 aromatic heterocycles. The summed E-state index contributed by atoms with van der Waals surface area (Å²) in [6.07, 6.45) is 0. The summed E-state index contributed by atoms with van der Waals surface area (Å²) in [4.78, 5) is 12.0. The summed E-state index contributed by atoms with van der Waals surface area (Å²) in [5.74, 6) is 0.366. The Morgan fingerprint density at radius 1 is 1.28 bits per heavy atom. The molecule has 0 radical (unpaired) electrons. The second kappa shape index (κ2) is 4.77. The molecule has 0 saturated carbocycles. The summed E-state index contributed by atoms with van der Waals surface area (Å²) in [7, 11) is 0. The van der Waals surface area contributed by atoms with E-state index in [0.29, 0.717) is 23.3 Å². The molecule has 8 heteroatoms. The van der Waals surface area contributed by atoms with Crippen molar-refractivity contribution in [3.63, 3.8) is 0 Å². The predicted molar refractivity (Wildman–Crippen MR) is 67.0 cm³/mol. The molecule has 0 amide bonds. The maximum absolute atomic E-state index is 6.07. The minimum absolute atomic E-state index is 0.0760. The van der Waals surface area contributed by atoms with Crippen LogP contribution in [0.5, 0.6) is 6.01 Å². The number of aromatic nitrogens is 5. The molecule has 2 aromatic rings. The first-order valence-electron chi connectivity index (χ1n) is 5.39. The summed E-state index contributed by atoms with van der Waals surface area (Å²) in [5.41, 5.74) is 7.04. The van der Waals surface area contributed by atoms with Crippen LogP contribution in [-0.2, 0) is 0 Å². The average molecular weight is 269 g/mol. The van der Waals surface area contributed by atoms with Crippen LogP contribution in [0.15, 0.2) is 0 Å². The lowest BCUT2D eigenvalue weighted by atomic mass is 10.4. The number of nitrogens with zero attached hydrogens (tertiary/aromatic N) is 5. The zero-order valence-corrected chi connectivity index (χ0v) is 11.1. The van der Waals surface area contributed by atoms with E-state index in [1.54, 1.807) is 6.92 Å². The fourth-order valence-corrected chi connectivity index (χ4v) is 1.59. The van der Waals surface area contributed by atoms with Crippen molar-refractivity contribution in [1.29, 1.82) is 0 Å². The lowest BCUT2D eigenvalue weighted by Gasteiger charge is -2.05. The zero-order chi connectivity index (χ0) is 13.3. The Morgan fingerprint density at radius 3 is 2.56 bits per heavy atom. The molecule has 0 bridgehead atoms. The molecular weight excluding hydrogens is 256 g/mol. The molecule has 0 aliphatic carbocycles. The SMILES string of the molecule is CCOc1nc(N)nc(-n2nc(C)c(Cl)c2C)n1. The normalized spacial score (nSPS) is 10.7. The predicted octanol–water partition coefficient (Wildman–Crippen LogP) is 1.31. The van der Waals surface area contributed by atoms with Gasteiger partial charge in [0.2, 0.25) is 5.95 Å². The Hall–Kier alpha value is -1.89. The molecule has 96 valence electrons. The van der Waals surface area contributed by atoms with E-state index in [4.69, 9.17) is 22.1 Å². The molecule has 7 nitrogen and oxygen atoms in total. The molecule has 2 heterocycles. The molecule has 2 rings (SSSR count). The minimum atomic E-state index is 0.0760. The Bertz CT molecular complexity index is 582. The lowest BCUT2D eigenvalue weighted by Crippen LogP contribution is -2.10. The smallest absolute Gasteiger partial charge is 0.323 e. The minimum Gasteiger partial charge on any atom is -0.464 e. The second-order valence-electron chi connectivity index (χ2n) is 3.61. The van der Waals surface area contributed by atoms with Crippen molar-refractivity contribution in [2.24, 2.45) is 0 Å². The summed E-state index contributed by atoms with van der Waals surface area (Å²) >= 11 is 6.07. The highest BCUT2D eigenvalue weighted by molar-refractivity contribution is 6.31. The summed E-state index contributed by atoms with van der Waals surface area (Å²) < 4.78 is 6.72. The monoisotopic (exact) mass is 268 g/mol. The number of hydrogen-bond acceptors (Lipinski definition) is 6. The highest BCUT2D eigenvalue weighted by Gasteiger charge is 2.14. The molecule has 0 unspecified atom stereocenters. The topological polar surface area (TPSA) is 91.7 Å². The molecule has 2 N–H and O–H groups in total. The van der Waals surface area contributed by atoms with Gasteiger partial charge in [-0.3, -0.25) is 0 Å². The van der Waals surface area contributed by atoms with Gasteiger partial charge in [0.1, 0.15) is 0 Å². The Morgan fingerprint density at radius 2 is 2.00 bits per heavy atom. The third kappa shape index (κ3) is 2.21. The van der Waals surface area contributed by atoms with Crippen LogP contribution in [0.4, 0.5) is 5.95 Å². The molecular formula is C10H13ClN6O. The average Bonchev–Trinajstić information content (AvgIpc) is 2.57. The van der Waals surface area contributed by atoms with Crippen LogP contribution in [0.3, 0.4) is 0 Å². The van der Waals surface area contributed by atoms with Crippen molar-refractivity contribution >= 4 is 17.5 Å². The molecule has 0 atom stereocenters. The van der Waals surface area contributed by atoms with E-state index in [-0.39, 0.29) is 12.0 Å². The first-order valence-corrected chi connectivity index (χ1v) is 5.77.